The van der Waals surface area contributed by atoms with Gasteiger partial charge in [0, 0.05) is 11.1 Å². The van der Waals surface area contributed by atoms with Crippen LogP contribution < -0.4 is 5.14 Å². The SMILES string of the molecule is NS(=O)OOC(=O)c1ccccc1C(=O)c1ccccc1. The molecule has 0 saturated carbocycles. The number of benzene rings is 2. The first-order chi connectivity index (χ1) is 10.1. The van der Waals surface area contributed by atoms with Crippen molar-refractivity contribution < 1.29 is 23.0 Å². The minimum atomic E-state index is -2.24. The fourth-order valence-corrected chi connectivity index (χ4v) is 1.84. The maximum absolute atomic E-state index is 12.4. The number of carbonyl (C=O) groups excluding carboxylic acids is 2. The number of hydrogen-bond acceptors (Lipinski definition) is 5. The summed E-state index contributed by atoms with van der Waals surface area (Å²) in [5.74, 6) is -1.29. The van der Waals surface area contributed by atoms with E-state index < -0.39 is 17.2 Å². The Morgan fingerprint density at radius 3 is 2.10 bits per heavy atom. The molecule has 0 fully saturated rings. The highest BCUT2D eigenvalue weighted by Gasteiger charge is 2.20. The van der Waals surface area contributed by atoms with Gasteiger partial charge in [-0.15, -0.1) is 0 Å². The molecule has 2 aromatic rings. The van der Waals surface area contributed by atoms with Crippen molar-refractivity contribution in [1.29, 1.82) is 0 Å². The average Bonchev–Trinajstić information content (AvgIpc) is 2.52. The number of rotatable bonds is 5. The molecular formula is C14H11NO5S. The molecule has 108 valence electrons. The summed E-state index contributed by atoms with van der Waals surface area (Å²) in [7, 11) is 0. The Morgan fingerprint density at radius 2 is 1.48 bits per heavy atom. The van der Waals surface area contributed by atoms with Crippen molar-refractivity contribution >= 4 is 23.0 Å². The summed E-state index contributed by atoms with van der Waals surface area (Å²) in [6, 6.07) is 14.6. The second-order valence-electron chi connectivity index (χ2n) is 3.94. The molecule has 0 spiro atoms. The molecule has 0 amide bonds. The van der Waals surface area contributed by atoms with Crippen LogP contribution in [-0.4, -0.2) is 16.0 Å². The second kappa shape index (κ2) is 6.89. The van der Waals surface area contributed by atoms with Gasteiger partial charge >= 0.3 is 5.97 Å². The quantitative estimate of drug-likeness (QED) is 0.513. The van der Waals surface area contributed by atoms with Gasteiger partial charge in [-0.05, 0) is 6.07 Å². The van der Waals surface area contributed by atoms with Crippen LogP contribution >= 0.6 is 0 Å². The van der Waals surface area contributed by atoms with Gasteiger partial charge in [0.25, 0.3) is 11.3 Å². The van der Waals surface area contributed by atoms with Crippen LogP contribution in [0.5, 0.6) is 0 Å². The standard InChI is InChI=1S/C14H11NO5S/c15-21(18)20-19-14(17)12-9-5-4-8-11(12)13(16)10-6-2-1-3-7-10/h1-9H,15H2. The van der Waals surface area contributed by atoms with Gasteiger partial charge in [0.2, 0.25) is 0 Å². The Hall–Kier alpha value is -2.35. The van der Waals surface area contributed by atoms with E-state index in [0.717, 1.165) is 0 Å². The van der Waals surface area contributed by atoms with Crippen LogP contribution in [0, 0.1) is 0 Å². The first-order valence-corrected chi connectivity index (χ1v) is 6.97. The van der Waals surface area contributed by atoms with E-state index in [1.807, 2.05) is 0 Å². The first kappa shape index (κ1) is 15.0. The molecule has 0 aliphatic carbocycles. The lowest BCUT2D eigenvalue weighted by Gasteiger charge is -2.06. The molecule has 2 rings (SSSR count). The molecule has 7 heteroatoms. The molecule has 0 aliphatic rings. The molecule has 0 heterocycles. The van der Waals surface area contributed by atoms with Crippen LogP contribution in [0.1, 0.15) is 26.3 Å². The van der Waals surface area contributed by atoms with Gasteiger partial charge in [0.05, 0.1) is 5.56 Å². The average molecular weight is 305 g/mol. The summed E-state index contributed by atoms with van der Waals surface area (Å²) in [4.78, 5) is 28.5. The Bertz CT molecular complexity index is 687. The lowest BCUT2D eigenvalue weighted by Crippen LogP contribution is -2.15. The lowest BCUT2D eigenvalue weighted by atomic mass is 9.98. The molecular weight excluding hydrogens is 294 g/mol. The van der Waals surface area contributed by atoms with Crippen molar-refractivity contribution in [1.82, 2.24) is 0 Å². The third-order valence-electron chi connectivity index (χ3n) is 2.60. The number of carbonyl (C=O) groups is 2. The summed E-state index contributed by atoms with van der Waals surface area (Å²) >= 11 is -2.24. The van der Waals surface area contributed by atoms with E-state index in [1.54, 1.807) is 42.5 Å². The molecule has 21 heavy (non-hydrogen) atoms. The molecule has 0 radical (unpaired) electrons. The summed E-state index contributed by atoms with van der Waals surface area (Å²) in [5.41, 5.74) is 0.581. The fourth-order valence-electron chi connectivity index (χ4n) is 1.71. The largest absolute Gasteiger partial charge is 0.375 e. The fraction of sp³-hybridized carbons (Fsp3) is 0. The number of hydrogen-bond donors (Lipinski definition) is 1. The van der Waals surface area contributed by atoms with Crippen molar-refractivity contribution in [2.24, 2.45) is 5.14 Å². The summed E-state index contributed by atoms with van der Waals surface area (Å²) in [6.07, 6.45) is 0. The predicted molar refractivity (Wildman–Crippen MR) is 75.1 cm³/mol. The van der Waals surface area contributed by atoms with E-state index in [1.165, 1.54) is 12.1 Å². The minimum Gasteiger partial charge on any atom is -0.289 e. The highest BCUT2D eigenvalue weighted by molar-refractivity contribution is 7.77. The van der Waals surface area contributed by atoms with Gasteiger partial charge < -0.3 is 0 Å². The normalized spacial score (nSPS) is 11.7. The number of ketones is 1. The Kier molecular flexibility index (Phi) is 4.94. The van der Waals surface area contributed by atoms with Gasteiger partial charge in [0.1, 0.15) is 0 Å². The maximum atomic E-state index is 12.4. The second-order valence-corrected chi connectivity index (χ2v) is 4.60. The molecule has 0 saturated heterocycles. The van der Waals surface area contributed by atoms with E-state index in [0.29, 0.717) is 5.56 Å². The monoisotopic (exact) mass is 305 g/mol. The van der Waals surface area contributed by atoms with Crippen LogP contribution in [0.4, 0.5) is 0 Å². The van der Waals surface area contributed by atoms with Crippen LogP contribution in [0.25, 0.3) is 0 Å². The molecule has 1 atom stereocenters. The zero-order valence-electron chi connectivity index (χ0n) is 10.7. The summed E-state index contributed by atoms with van der Waals surface area (Å²) in [6.45, 7) is 0. The van der Waals surface area contributed by atoms with E-state index >= 15 is 0 Å². The highest BCUT2D eigenvalue weighted by Crippen LogP contribution is 2.16. The molecule has 2 aromatic carbocycles. The lowest BCUT2D eigenvalue weighted by molar-refractivity contribution is -0.138. The Labute approximate surface area is 123 Å². The van der Waals surface area contributed by atoms with Crippen molar-refractivity contribution in [3.8, 4) is 0 Å². The topological polar surface area (TPSA) is 95.7 Å². The minimum absolute atomic E-state index is 0.00296. The van der Waals surface area contributed by atoms with E-state index in [4.69, 9.17) is 5.14 Å². The van der Waals surface area contributed by atoms with Gasteiger partial charge in [-0.25, -0.2) is 14.1 Å². The molecule has 0 aromatic heterocycles. The van der Waals surface area contributed by atoms with Crippen LogP contribution in [0.3, 0.4) is 0 Å². The molecule has 2 N–H and O–H groups in total. The zero-order chi connectivity index (χ0) is 15.2. The highest BCUT2D eigenvalue weighted by atomic mass is 32.2. The smallest absolute Gasteiger partial charge is 0.289 e. The molecule has 1 unspecified atom stereocenters. The van der Waals surface area contributed by atoms with Crippen molar-refractivity contribution in [3.63, 3.8) is 0 Å². The third-order valence-corrected chi connectivity index (χ3v) is 2.81. The van der Waals surface area contributed by atoms with E-state index in [9.17, 15) is 13.8 Å². The van der Waals surface area contributed by atoms with Crippen LogP contribution in [0.15, 0.2) is 54.6 Å². The van der Waals surface area contributed by atoms with Gasteiger partial charge in [0.15, 0.2) is 5.78 Å². The van der Waals surface area contributed by atoms with Crippen molar-refractivity contribution in [3.05, 3.63) is 71.3 Å². The van der Waals surface area contributed by atoms with Crippen molar-refractivity contribution in [2.45, 2.75) is 0 Å². The van der Waals surface area contributed by atoms with E-state index in [2.05, 4.69) is 9.22 Å². The van der Waals surface area contributed by atoms with Gasteiger partial charge in [-0.1, -0.05) is 52.9 Å². The molecule has 6 nitrogen and oxygen atoms in total. The molecule has 0 aliphatic heterocycles. The summed E-state index contributed by atoms with van der Waals surface area (Å²) in [5, 5.41) is 4.81. The van der Waals surface area contributed by atoms with E-state index in [-0.39, 0.29) is 16.9 Å². The van der Waals surface area contributed by atoms with Gasteiger partial charge in [-0.2, -0.15) is 0 Å². The summed E-state index contributed by atoms with van der Waals surface area (Å²) < 4.78 is 14.6. The van der Waals surface area contributed by atoms with Crippen molar-refractivity contribution in [2.75, 3.05) is 0 Å². The zero-order valence-corrected chi connectivity index (χ0v) is 11.5. The maximum Gasteiger partial charge on any atom is 0.375 e. The Morgan fingerprint density at radius 1 is 0.905 bits per heavy atom. The Balaban J connectivity index is 2.31. The number of nitrogens with two attached hydrogens (primary N) is 1. The predicted octanol–water partition coefficient (Wildman–Crippen LogP) is 1.54. The van der Waals surface area contributed by atoms with Crippen LogP contribution in [0.2, 0.25) is 0 Å². The third kappa shape index (κ3) is 3.82. The van der Waals surface area contributed by atoms with Gasteiger partial charge in [-0.3, -0.25) is 9.68 Å². The van der Waals surface area contributed by atoms with Crippen LogP contribution in [-0.2, 0) is 20.5 Å². The molecule has 0 bridgehead atoms. The first-order valence-electron chi connectivity index (χ1n) is 5.84.